The average molecular weight is 335 g/mol. The van der Waals surface area contributed by atoms with E-state index in [1.807, 2.05) is 6.07 Å². The van der Waals surface area contributed by atoms with Gasteiger partial charge in [0.1, 0.15) is 5.75 Å². The highest BCUT2D eigenvalue weighted by Crippen LogP contribution is 2.36. The van der Waals surface area contributed by atoms with Crippen molar-refractivity contribution in [3.63, 3.8) is 0 Å². The summed E-state index contributed by atoms with van der Waals surface area (Å²) in [4.78, 5) is 13.5. The summed E-state index contributed by atoms with van der Waals surface area (Å²) in [5, 5.41) is 9.77. The molecule has 4 nitrogen and oxygen atoms in total. The number of carbonyl (C=O) groups excluding carboxylic acids is 1. The lowest BCUT2D eigenvalue weighted by molar-refractivity contribution is -0.274. The number of benzene rings is 2. The van der Waals surface area contributed by atoms with Gasteiger partial charge in [0, 0.05) is 5.69 Å². The van der Waals surface area contributed by atoms with Gasteiger partial charge >= 0.3 is 6.36 Å². The maximum atomic E-state index is 12.2. The van der Waals surface area contributed by atoms with Gasteiger partial charge in [-0.3, -0.25) is 9.69 Å². The molecule has 7 heteroatoms. The number of carbonyl (C=O) groups is 1. The number of aliphatic hydroxyl groups excluding tert-OH is 1. The van der Waals surface area contributed by atoms with Crippen LogP contribution in [-0.4, -0.2) is 17.4 Å². The van der Waals surface area contributed by atoms with E-state index in [1.165, 1.54) is 23.1 Å². The van der Waals surface area contributed by atoms with Gasteiger partial charge in [-0.1, -0.05) is 30.3 Å². The van der Waals surface area contributed by atoms with Gasteiger partial charge in [0.05, 0.1) is 6.04 Å². The number of rotatable bonds is 3. The quantitative estimate of drug-likeness (QED) is 0.918. The van der Waals surface area contributed by atoms with E-state index in [9.17, 15) is 23.1 Å². The van der Waals surface area contributed by atoms with Crippen molar-refractivity contribution in [2.75, 3.05) is 4.90 Å². The third-order valence-electron chi connectivity index (χ3n) is 3.52. The second-order valence-corrected chi connectivity index (χ2v) is 5.12. The Kier molecular flexibility index (Phi) is 3.92. The lowest BCUT2D eigenvalue weighted by Gasteiger charge is -2.25. The molecule has 2 aromatic carbocycles. The van der Waals surface area contributed by atoms with Gasteiger partial charge in [0.2, 0.25) is 0 Å². The van der Waals surface area contributed by atoms with E-state index in [4.69, 9.17) is 0 Å². The number of anilines is 1. The Hall–Kier alpha value is -2.96. The zero-order valence-electron chi connectivity index (χ0n) is 12.2. The molecule has 0 aromatic heterocycles. The number of alkyl halides is 3. The minimum Gasteiger partial charge on any atom is -0.503 e. The van der Waals surface area contributed by atoms with Gasteiger partial charge in [-0.25, -0.2) is 0 Å². The van der Waals surface area contributed by atoms with Crippen molar-refractivity contribution >= 4 is 11.6 Å². The summed E-state index contributed by atoms with van der Waals surface area (Å²) < 4.78 is 40.4. The summed E-state index contributed by atoms with van der Waals surface area (Å²) >= 11 is 0. The smallest absolute Gasteiger partial charge is 0.503 e. The Morgan fingerprint density at radius 3 is 2.21 bits per heavy atom. The van der Waals surface area contributed by atoms with Crippen LogP contribution in [0.15, 0.2) is 66.4 Å². The largest absolute Gasteiger partial charge is 0.573 e. The van der Waals surface area contributed by atoms with Crippen LogP contribution < -0.4 is 9.64 Å². The molecule has 1 N–H and O–H groups in total. The third kappa shape index (κ3) is 3.19. The average Bonchev–Trinajstić information content (AvgIpc) is 2.83. The third-order valence-corrected chi connectivity index (χ3v) is 3.52. The van der Waals surface area contributed by atoms with E-state index in [0.29, 0.717) is 5.69 Å². The highest BCUT2D eigenvalue weighted by Gasteiger charge is 2.35. The molecule has 0 radical (unpaired) electrons. The van der Waals surface area contributed by atoms with E-state index in [-0.39, 0.29) is 5.75 Å². The van der Waals surface area contributed by atoms with Crippen LogP contribution in [0.2, 0.25) is 0 Å². The van der Waals surface area contributed by atoms with Crippen molar-refractivity contribution in [3.05, 3.63) is 72.0 Å². The molecule has 0 saturated carbocycles. The van der Waals surface area contributed by atoms with Gasteiger partial charge < -0.3 is 9.84 Å². The normalized spacial score (nSPS) is 17.8. The number of halogens is 3. The minimum absolute atomic E-state index is 0.351. The molecular weight excluding hydrogens is 323 g/mol. The van der Waals surface area contributed by atoms with Crippen LogP contribution in [0.25, 0.3) is 0 Å². The lowest BCUT2D eigenvalue weighted by atomic mass is 10.1. The maximum Gasteiger partial charge on any atom is 0.573 e. The van der Waals surface area contributed by atoms with Crippen molar-refractivity contribution in [3.8, 4) is 5.75 Å². The molecule has 0 bridgehead atoms. The molecule has 3 rings (SSSR count). The highest BCUT2D eigenvalue weighted by atomic mass is 19.4. The molecule has 0 spiro atoms. The van der Waals surface area contributed by atoms with Crippen LogP contribution in [0.5, 0.6) is 5.75 Å². The van der Waals surface area contributed by atoms with Crippen LogP contribution in [0.3, 0.4) is 0 Å². The first kappa shape index (κ1) is 15.9. The van der Waals surface area contributed by atoms with Crippen molar-refractivity contribution in [2.45, 2.75) is 12.4 Å². The topological polar surface area (TPSA) is 49.8 Å². The summed E-state index contributed by atoms with van der Waals surface area (Å²) in [5.41, 5.74) is 1.12. The Bertz CT molecular complexity index is 770. The van der Waals surface area contributed by atoms with E-state index < -0.39 is 24.1 Å². The standard InChI is InChI=1S/C17H12F3NO3/c18-17(19,20)24-13-8-6-12(7-9-13)21-14(10-15(22)16(21)23)11-4-2-1-3-5-11/h1-10,14,22H. The van der Waals surface area contributed by atoms with E-state index >= 15 is 0 Å². The van der Waals surface area contributed by atoms with Gasteiger partial charge in [-0.05, 0) is 35.9 Å². The Morgan fingerprint density at radius 2 is 1.62 bits per heavy atom. The van der Waals surface area contributed by atoms with Crippen LogP contribution in [0, 0.1) is 0 Å². The van der Waals surface area contributed by atoms with E-state index in [2.05, 4.69) is 4.74 Å². The Labute approximate surface area is 135 Å². The zero-order chi connectivity index (χ0) is 17.3. The SMILES string of the molecule is O=C1C(O)=CC(c2ccccc2)N1c1ccc(OC(F)(F)F)cc1. The Balaban J connectivity index is 1.90. The summed E-state index contributed by atoms with van der Waals surface area (Å²) in [7, 11) is 0. The maximum absolute atomic E-state index is 12.2. The number of ether oxygens (including phenoxy) is 1. The van der Waals surface area contributed by atoms with Crippen LogP contribution in [0.1, 0.15) is 11.6 Å². The second kappa shape index (κ2) is 5.92. The number of amides is 1. The molecule has 1 atom stereocenters. The fourth-order valence-electron chi connectivity index (χ4n) is 2.53. The molecule has 2 aromatic rings. The first-order chi connectivity index (χ1) is 11.3. The molecule has 124 valence electrons. The molecule has 0 fully saturated rings. The lowest BCUT2D eigenvalue weighted by Crippen LogP contribution is -2.29. The van der Waals surface area contributed by atoms with Crippen LogP contribution >= 0.6 is 0 Å². The van der Waals surface area contributed by atoms with Crippen molar-refractivity contribution in [1.29, 1.82) is 0 Å². The van der Waals surface area contributed by atoms with Gasteiger partial charge in [0.25, 0.3) is 5.91 Å². The fourth-order valence-corrected chi connectivity index (χ4v) is 2.53. The van der Waals surface area contributed by atoms with E-state index in [0.717, 1.165) is 17.7 Å². The second-order valence-electron chi connectivity index (χ2n) is 5.12. The molecule has 24 heavy (non-hydrogen) atoms. The van der Waals surface area contributed by atoms with E-state index in [1.54, 1.807) is 24.3 Å². The van der Waals surface area contributed by atoms with Crippen molar-refractivity contribution in [1.82, 2.24) is 0 Å². The van der Waals surface area contributed by atoms with Crippen molar-refractivity contribution in [2.24, 2.45) is 0 Å². The van der Waals surface area contributed by atoms with Gasteiger partial charge in [-0.15, -0.1) is 13.2 Å². The zero-order valence-corrected chi connectivity index (χ0v) is 12.2. The number of nitrogens with zero attached hydrogens (tertiary/aromatic N) is 1. The summed E-state index contributed by atoms with van der Waals surface area (Å²) in [6.07, 6.45) is -3.38. The first-order valence-electron chi connectivity index (χ1n) is 7.00. The summed E-state index contributed by atoms with van der Waals surface area (Å²) in [6, 6.07) is 13.4. The van der Waals surface area contributed by atoms with Gasteiger partial charge in [-0.2, -0.15) is 0 Å². The molecule has 1 unspecified atom stereocenters. The number of hydrogen-bond acceptors (Lipinski definition) is 3. The molecule has 0 aliphatic carbocycles. The molecule has 1 heterocycles. The fraction of sp³-hybridized carbons (Fsp3) is 0.118. The molecular formula is C17H12F3NO3. The minimum atomic E-state index is -4.78. The highest BCUT2D eigenvalue weighted by molar-refractivity contribution is 6.07. The number of aliphatic hydroxyl groups is 1. The molecule has 1 amide bonds. The molecule has 1 aliphatic rings. The summed E-state index contributed by atoms with van der Waals surface area (Å²) in [5.74, 6) is -1.40. The van der Waals surface area contributed by atoms with Crippen LogP contribution in [-0.2, 0) is 4.79 Å². The first-order valence-corrected chi connectivity index (χ1v) is 7.00. The van der Waals surface area contributed by atoms with Gasteiger partial charge in [0.15, 0.2) is 5.76 Å². The predicted octanol–water partition coefficient (Wildman–Crippen LogP) is 4.12. The van der Waals surface area contributed by atoms with Crippen LogP contribution in [0.4, 0.5) is 18.9 Å². The molecule has 1 aliphatic heterocycles. The van der Waals surface area contributed by atoms with Crippen molar-refractivity contribution < 1.29 is 27.8 Å². The number of hydrogen-bond donors (Lipinski definition) is 1. The predicted molar refractivity (Wildman–Crippen MR) is 80.5 cm³/mol. The monoisotopic (exact) mass is 335 g/mol. The molecule has 0 saturated heterocycles. The Morgan fingerprint density at radius 1 is 1.00 bits per heavy atom. The summed E-state index contributed by atoms with van der Waals surface area (Å²) in [6.45, 7) is 0.